The number of hydrogen-bond acceptors (Lipinski definition) is 2. The first kappa shape index (κ1) is 14.0. The average Bonchev–Trinajstić information content (AvgIpc) is 2.76. The second-order valence-electron chi connectivity index (χ2n) is 6.45. The van der Waals surface area contributed by atoms with Crippen molar-refractivity contribution in [1.29, 1.82) is 0 Å². The molecule has 2 atom stereocenters. The highest BCUT2D eigenvalue weighted by Gasteiger charge is 2.68. The van der Waals surface area contributed by atoms with Crippen LogP contribution in [-0.4, -0.2) is 11.7 Å². The molecule has 2 aliphatic rings. The van der Waals surface area contributed by atoms with Crippen LogP contribution in [0.1, 0.15) is 33.1 Å². The highest BCUT2D eigenvalue weighted by Crippen LogP contribution is 2.64. The molecule has 0 aliphatic heterocycles. The van der Waals surface area contributed by atoms with E-state index in [0.29, 0.717) is 18.8 Å². The quantitative estimate of drug-likeness (QED) is 0.626. The van der Waals surface area contributed by atoms with Crippen molar-refractivity contribution < 1.29 is 9.59 Å². The number of ketones is 1. The maximum absolute atomic E-state index is 12.8. The summed E-state index contributed by atoms with van der Waals surface area (Å²) in [6.07, 6.45) is 2.24. The van der Waals surface area contributed by atoms with Gasteiger partial charge in [-0.25, -0.2) is 0 Å². The van der Waals surface area contributed by atoms with Crippen molar-refractivity contribution in [3.63, 3.8) is 0 Å². The van der Waals surface area contributed by atoms with Crippen molar-refractivity contribution in [2.75, 3.05) is 5.32 Å². The zero-order valence-electron chi connectivity index (χ0n) is 11.7. The topological polar surface area (TPSA) is 46.2 Å². The second kappa shape index (κ2) is 4.55. The molecular formula is C16H18INO2. The fourth-order valence-corrected chi connectivity index (χ4v) is 4.34. The van der Waals surface area contributed by atoms with E-state index < -0.39 is 5.41 Å². The maximum atomic E-state index is 12.8. The number of carbonyl (C=O) groups is 2. The number of halogens is 1. The molecule has 0 heterocycles. The van der Waals surface area contributed by atoms with Gasteiger partial charge in [-0.1, -0.05) is 13.8 Å². The molecule has 2 aliphatic carbocycles. The standard InChI is InChI=1S/C16H18INO2/c1-15(2)10-7-8-16(15,13(19)9-10)14(20)18-12-5-3-11(17)4-6-12/h3-6,10H,7-9H2,1-2H3,(H,18,20). The van der Waals surface area contributed by atoms with E-state index in [1.54, 1.807) is 0 Å². The summed E-state index contributed by atoms with van der Waals surface area (Å²) in [5.41, 5.74) is -0.276. The molecule has 0 saturated heterocycles. The van der Waals surface area contributed by atoms with Crippen LogP contribution < -0.4 is 5.32 Å². The number of rotatable bonds is 2. The Hall–Kier alpha value is -0.910. The highest BCUT2D eigenvalue weighted by atomic mass is 127. The van der Waals surface area contributed by atoms with Gasteiger partial charge in [-0.05, 0) is 71.0 Å². The number of fused-ring (bicyclic) bond motifs is 2. The second-order valence-corrected chi connectivity index (χ2v) is 7.70. The molecule has 2 saturated carbocycles. The molecule has 2 bridgehead atoms. The summed E-state index contributed by atoms with van der Waals surface area (Å²) in [4.78, 5) is 25.2. The van der Waals surface area contributed by atoms with Gasteiger partial charge in [0, 0.05) is 15.7 Å². The Kier molecular flexibility index (Phi) is 3.19. The van der Waals surface area contributed by atoms with Crippen LogP contribution in [0.25, 0.3) is 0 Å². The first-order chi connectivity index (χ1) is 9.38. The fraction of sp³-hybridized carbons (Fsp3) is 0.500. The SMILES string of the molecule is CC1(C)C2CCC1(C(=O)Nc1ccc(I)cc1)C(=O)C2. The number of carbonyl (C=O) groups excluding carboxylic acids is 2. The van der Waals surface area contributed by atoms with Crippen molar-refractivity contribution in [2.24, 2.45) is 16.7 Å². The van der Waals surface area contributed by atoms with Crippen molar-refractivity contribution in [1.82, 2.24) is 0 Å². The molecule has 1 aromatic carbocycles. The number of hydrogen-bond donors (Lipinski definition) is 1. The molecule has 2 unspecified atom stereocenters. The van der Waals surface area contributed by atoms with Crippen LogP contribution in [0.2, 0.25) is 0 Å². The molecule has 1 aromatic rings. The van der Waals surface area contributed by atoms with Gasteiger partial charge in [-0.3, -0.25) is 9.59 Å². The summed E-state index contributed by atoms with van der Waals surface area (Å²) in [6, 6.07) is 7.67. The van der Waals surface area contributed by atoms with Gasteiger partial charge in [0.2, 0.25) is 5.91 Å². The first-order valence-electron chi connectivity index (χ1n) is 6.98. The Morgan fingerprint density at radius 1 is 1.30 bits per heavy atom. The van der Waals surface area contributed by atoms with E-state index in [0.717, 1.165) is 15.7 Å². The van der Waals surface area contributed by atoms with E-state index in [4.69, 9.17) is 0 Å². The van der Waals surface area contributed by atoms with Crippen molar-refractivity contribution in [3.05, 3.63) is 27.8 Å². The van der Waals surface area contributed by atoms with Crippen LogP contribution in [0.5, 0.6) is 0 Å². The number of amides is 1. The Morgan fingerprint density at radius 2 is 1.95 bits per heavy atom. The van der Waals surface area contributed by atoms with E-state index in [1.165, 1.54) is 0 Å². The number of Topliss-reactive ketones (excluding diaryl/α,β-unsaturated/α-hetero) is 1. The van der Waals surface area contributed by atoms with E-state index in [-0.39, 0.29) is 17.1 Å². The van der Waals surface area contributed by atoms with E-state index >= 15 is 0 Å². The minimum atomic E-state index is -0.819. The Balaban J connectivity index is 1.90. The minimum absolute atomic E-state index is 0.117. The summed E-state index contributed by atoms with van der Waals surface area (Å²) in [7, 11) is 0. The summed E-state index contributed by atoms with van der Waals surface area (Å²) in [5.74, 6) is 0.368. The van der Waals surface area contributed by atoms with Crippen LogP contribution in [0.4, 0.5) is 5.69 Å². The van der Waals surface area contributed by atoms with Gasteiger partial charge >= 0.3 is 0 Å². The number of nitrogens with one attached hydrogen (secondary N) is 1. The van der Waals surface area contributed by atoms with Crippen LogP contribution >= 0.6 is 22.6 Å². The third-order valence-corrected chi connectivity index (χ3v) is 6.11. The molecule has 0 spiro atoms. The van der Waals surface area contributed by atoms with E-state index in [1.807, 2.05) is 24.3 Å². The molecule has 3 rings (SSSR count). The molecule has 1 N–H and O–H groups in total. The predicted molar refractivity (Wildman–Crippen MR) is 86.4 cm³/mol. The van der Waals surface area contributed by atoms with Gasteiger partial charge in [0.25, 0.3) is 0 Å². The van der Waals surface area contributed by atoms with Crippen LogP contribution in [0.15, 0.2) is 24.3 Å². The lowest BCUT2D eigenvalue weighted by Gasteiger charge is -2.34. The van der Waals surface area contributed by atoms with Gasteiger partial charge < -0.3 is 5.32 Å². The van der Waals surface area contributed by atoms with Gasteiger partial charge in [-0.2, -0.15) is 0 Å². The van der Waals surface area contributed by atoms with E-state index in [9.17, 15) is 9.59 Å². The fourth-order valence-electron chi connectivity index (χ4n) is 3.98. The van der Waals surface area contributed by atoms with E-state index in [2.05, 4.69) is 41.8 Å². The molecular weight excluding hydrogens is 365 g/mol. The monoisotopic (exact) mass is 383 g/mol. The van der Waals surface area contributed by atoms with Crippen LogP contribution in [0.3, 0.4) is 0 Å². The smallest absolute Gasteiger partial charge is 0.238 e. The molecule has 2 fully saturated rings. The van der Waals surface area contributed by atoms with Crippen molar-refractivity contribution >= 4 is 40.0 Å². The van der Waals surface area contributed by atoms with Crippen LogP contribution in [0, 0.1) is 20.3 Å². The molecule has 0 aromatic heterocycles. The lowest BCUT2D eigenvalue weighted by atomic mass is 9.68. The Morgan fingerprint density at radius 3 is 2.45 bits per heavy atom. The molecule has 4 heteroatoms. The zero-order valence-corrected chi connectivity index (χ0v) is 13.9. The predicted octanol–water partition coefficient (Wildman–Crippen LogP) is 3.63. The van der Waals surface area contributed by atoms with Gasteiger partial charge in [-0.15, -0.1) is 0 Å². The molecule has 106 valence electrons. The maximum Gasteiger partial charge on any atom is 0.238 e. The molecule has 0 radical (unpaired) electrons. The van der Waals surface area contributed by atoms with Gasteiger partial charge in [0.1, 0.15) is 11.2 Å². The molecule has 3 nitrogen and oxygen atoms in total. The summed E-state index contributed by atoms with van der Waals surface area (Å²) in [6.45, 7) is 4.14. The lowest BCUT2D eigenvalue weighted by Crippen LogP contribution is -2.46. The first-order valence-corrected chi connectivity index (χ1v) is 8.06. The zero-order chi connectivity index (χ0) is 14.5. The minimum Gasteiger partial charge on any atom is -0.325 e. The number of benzene rings is 1. The highest BCUT2D eigenvalue weighted by molar-refractivity contribution is 14.1. The summed E-state index contributed by atoms with van der Waals surface area (Å²) in [5, 5.41) is 2.95. The van der Waals surface area contributed by atoms with Gasteiger partial charge in [0.15, 0.2) is 0 Å². The normalized spacial score (nSPS) is 30.6. The van der Waals surface area contributed by atoms with Crippen molar-refractivity contribution in [3.8, 4) is 0 Å². The average molecular weight is 383 g/mol. The summed E-state index contributed by atoms with van der Waals surface area (Å²) >= 11 is 2.23. The van der Waals surface area contributed by atoms with Crippen LogP contribution in [-0.2, 0) is 9.59 Å². The van der Waals surface area contributed by atoms with Crippen molar-refractivity contribution in [2.45, 2.75) is 33.1 Å². The third kappa shape index (κ3) is 1.76. The molecule has 1 amide bonds. The number of anilines is 1. The summed E-state index contributed by atoms with van der Waals surface area (Å²) < 4.78 is 1.12. The largest absolute Gasteiger partial charge is 0.325 e. The lowest BCUT2D eigenvalue weighted by molar-refractivity contribution is -0.141. The Bertz CT molecular complexity index is 579. The van der Waals surface area contributed by atoms with Gasteiger partial charge in [0.05, 0.1) is 0 Å². The molecule has 20 heavy (non-hydrogen) atoms. The Labute approximate surface area is 132 Å². The third-order valence-electron chi connectivity index (χ3n) is 5.39.